The molecule has 4 aliphatic carbocycles. The summed E-state index contributed by atoms with van der Waals surface area (Å²) in [5.74, 6) is -2.96. The minimum absolute atomic E-state index is 0.104. The highest BCUT2D eigenvalue weighted by atomic mass is 19.1. The zero-order chi connectivity index (χ0) is 28.8. The van der Waals surface area contributed by atoms with Gasteiger partial charge in [0.2, 0.25) is 11.7 Å². The van der Waals surface area contributed by atoms with Crippen molar-refractivity contribution < 1.29 is 38.5 Å². The van der Waals surface area contributed by atoms with Gasteiger partial charge in [0.25, 0.3) is 0 Å². The van der Waals surface area contributed by atoms with Gasteiger partial charge in [-0.25, -0.2) is 4.39 Å². The van der Waals surface area contributed by atoms with Crippen LogP contribution in [0.1, 0.15) is 79.1 Å². The summed E-state index contributed by atoms with van der Waals surface area (Å²) in [5, 5.41) is 26.1. The molecule has 3 saturated carbocycles. The molecule has 3 N–H and O–H groups in total. The Morgan fingerprint density at radius 3 is 2.59 bits per heavy atom. The molecule has 8 nitrogen and oxygen atoms in total. The maximum atomic E-state index is 17.2. The summed E-state index contributed by atoms with van der Waals surface area (Å²) in [6.07, 6.45) is 6.28. The molecule has 0 aromatic rings. The van der Waals surface area contributed by atoms with Crippen molar-refractivity contribution in [3.05, 3.63) is 23.8 Å². The number of alkyl halides is 1. The molecule has 3 fully saturated rings. The maximum absolute atomic E-state index is 17.2. The van der Waals surface area contributed by atoms with Crippen LogP contribution in [0.2, 0.25) is 0 Å². The number of aliphatic hydroxyl groups is 2. The lowest BCUT2D eigenvalue weighted by Gasteiger charge is -2.62. The monoisotopic (exact) mass is 547 g/mol. The minimum Gasteiger partial charge on any atom is -0.458 e. The lowest BCUT2D eigenvalue weighted by molar-refractivity contribution is -0.220. The number of nitrogens with one attached hydrogen (secondary N) is 1. The Labute approximate surface area is 229 Å². The zero-order valence-electron chi connectivity index (χ0n) is 23.4. The quantitative estimate of drug-likeness (QED) is 0.299. The molecular weight excluding hydrogens is 505 g/mol. The van der Waals surface area contributed by atoms with E-state index in [2.05, 4.69) is 5.32 Å². The van der Waals surface area contributed by atoms with Crippen LogP contribution in [0.15, 0.2) is 23.8 Å². The number of halogens is 1. The minimum atomic E-state index is -2.04. The summed E-state index contributed by atoms with van der Waals surface area (Å²) in [6.45, 7) is 6.65. The topological polar surface area (TPSA) is 130 Å². The second kappa shape index (κ2) is 10.5. The van der Waals surface area contributed by atoms with Gasteiger partial charge < -0.3 is 20.3 Å². The van der Waals surface area contributed by atoms with Gasteiger partial charge in [0.1, 0.15) is 5.60 Å². The average Bonchev–Trinajstić information content (AvgIpc) is 3.07. The van der Waals surface area contributed by atoms with Crippen molar-refractivity contribution in [1.29, 1.82) is 0 Å². The van der Waals surface area contributed by atoms with Gasteiger partial charge in [0, 0.05) is 36.6 Å². The molecule has 0 bridgehead atoms. The van der Waals surface area contributed by atoms with E-state index in [9.17, 15) is 29.4 Å². The van der Waals surface area contributed by atoms with Crippen LogP contribution in [0.4, 0.5) is 4.39 Å². The molecule has 9 heteroatoms. The van der Waals surface area contributed by atoms with Crippen LogP contribution in [0.3, 0.4) is 0 Å². The van der Waals surface area contributed by atoms with E-state index in [1.165, 1.54) is 19.1 Å². The number of Topliss-reactive ketones (excluding diaryl/α,β-unsaturated/α-hetero) is 1. The molecule has 0 radical (unpaired) electrons. The fourth-order valence-corrected chi connectivity index (χ4v) is 8.30. The Kier molecular flexibility index (Phi) is 8.00. The highest BCUT2D eigenvalue weighted by molar-refractivity contribution is 6.01. The van der Waals surface area contributed by atoms with Crippen LogP contribution in [0, 0.1) is 28.6 Å². The number of ether oxygens (including phenoxy) is 1. The molecule has 0 saturated heterocycles. The number of allylic oxidation sites excluding steroid dienone is 4. The van der Waals surface area contributed by atoms with Gasteiger partial charge in [0.15, 0.2) is 18.1 Å². The highest BCUT2D eigenvalue weighted by Crippen LogP contribution is 2.70. The van der Waals surface area contributed by atoms with Crippen LogP contribution in [-0.2, 0) is 23.9 Å². The molecule has 0 aromatic carbocycles. The van der Waals surface area contributed by atoms with Gasteiger partial charge in [0.05, 0.1) is 6.10 Å². The third-order valence-corrected chi connectivity index (χ3v) is 10.4. The van der Waals surface area contributed by atoms with Gasteiger partial charge in [-0.2, -0.15) is 0 Å². The number of unbranched alkanes of at least 4 members (excludes halogenated alkanes) is 2. The van der Waals surface area contributed by atoms with Crippen molar-refractivity contribution in [2.24, 2.45) is 28.6 Å². The van der Waals surface area contributed by atoms with Gasteiger partial charge >= 0.3 is 5.97 Å². The number of ketones is 2. The van der Waals surface area contributed by atoms with Crippen molar-refractivity contribution >= 4 is 23.4 Å². The predicted octanol–water partition coefficient (Wildman–Crippen LogP) is 3.14. The Morgan fingerprint density at radius 2 is 1.90 bits per heavy atom. The van der Waals surface area contributed by atoms with Gasteiger partial charge in [-0.1, -0.05) is 31.9 Å². The van der Waals surface area contributed by atoms with E-state index < -0.39 is 58.4 Å². The van der Waals surface area contributed by atoms with Gasteiger partial charge in [-0.05, 0) is 69.4 Å². The van der Waals surface area contributed by atoms with E-state index in [4.69, 9.17) is 4.74 Å². The van der Waals surface area contributed by atoms with E-state index in [0.717, 1.165) is 6.42 Å². The van der Waals surface area contributed by atoms with Crippen LogP contribution < -0.4 is 5.32 Å². The first-order valence-corrected chi connectivity index (χ1v) is 14.2. The van der Waals surface area contributed by atoms with E-state index >= 15 is 4.39 Å². The molecule has 0 heterocycles. The first-order chi connectivity index (χ1) is 18.2. The largest absolute Gasteiger partial charge is 0.458 e. The molecule has 1 amide bonds. The lowest BCUT2D eigenvalue weighted by atomic mass is 9.44. The SMILES string of the molecule is CC(=O)NCCCCCC(=O)OCC(=O)[C@@]1(O)[C@H](C)C[C@H]2[C@@H]3CCC4=CC(=O)C=C[C@]4(C)[C@@]3(F)[C@@H](O)C[C@@]21C. The summed E-state index contributed by atoms with van der Waals surface area (Å²) in [7, 11) is 0. The summed E-state index contributed by atoms with van der Waals surface area (Å²) >= 11 is 0. The number of carbonyl (C=O) groups excluding carboxylic acids is 4. The molecule has 4 rings (SSSR count). The molecule has 0 unspecified atom stereocenters. The molecule has 0 spiro atoms. The summed E-state index contributed by atoms with van der Waals surface area (Å²) in [6, 6.07) is 0. The van der Waals surface area contributed by atoms with Crippen molar-refractivity contribution in [2.45, 2.75) is 96.4 Å². The Balaban J connectivity index is 1.45. The number of fused-ring (bicyclic) bond motifs is 5. The third kappa shape index (κ3) is 4.59. The van der Waals surface area contributed by atoms with Crippen molar-refractivity contribution in [3.63, 3.8) is 0 Å². The maximum Gasteiger partial charge on any atom is 0.306 e. The standard InChI is InChI=1S/C30H42FNO7/c1-18-14-23-22-10-9-20-15-21(34)11-12-27(20,3)29(22,31)24(35)16-28(23,4)30(18,38)25(36)17-39-26(37)8-6-5-7-13-32-19(2)33/h11-12,15,18,22-24,35,38H,5-10,13-14,16-17H2,1-4H3,(H,32,33)/t18-,22+,23+,24+,27+,28+,29+,30+/m1/s1. The number of carbonyl (C=O) groups is 4. The van der Waals surface area contributed by atoms with Gasteiger partial charge in [-0.15, -0.1) is 0 Å². The fraction of sp³-hybridized carbons (Fsp3) is 0.733. The number of hydrogen-bond donors (Lipinski definition) is 3. The van der Waals surface area contributed by atoms with E-state index in [0.29, 0.717) is 44.2 Å². The van der Waals surface area contributed by atoms with Crippen molar-refractivity contribution in [1.82, 2.24) is 5.32 Å². The Bertz CT molecular complexity index is 1100. The van der Waals surface area contributed by atoms with Crippen LogP contribution in [0.5, 0.6) is 0 Å². The molecule has 0 aromatic heterocycles. The molecular formula is C30H42FNO7. The first-order valence-electron chi connectivity index (χ1n) is 14.2. The molecule has 8 atom stereocenters. The normalized spacial score (nSPS) is 40.7. The lowest BCUT2D eigenvalue weighted by Crippen LogP contribution is -2.69. The fourth-order valence-electron chi connectivity index (χ4n) is 8.30. The summed E-state index contributed by atoms with van der Waals surface area (Å²) in [5.41, 5.74) is -5.50. The number of aliphatic hydroxyl groups excluding tert-OH is 1. The van der Waals surface area contributed by atoms with Gasteiger partial charge in [-0.3, -0.25) is 19.2 Å². The number of esters is 1. The Hall–Kier alpha value is -2.39. The first kappa shape index (κ1) is 29.6. The van der Waals surface area contributed by atoms with E-state index in [1.54, 1.807) is 26.8 Å². The molecule has 0 aliphatic heterocycles. The van der Waals surface area contributed by atoms with Crippen molar-refractivity contribution in [3.8, 4) is 0 Å². The van der Waals surface area contributed by atoms with E-state index in [1.807, 2.05) is 0 Å². The third-order valence-electron chi connectivity index (χ3n) is 10.4. The van der Waals surface area contributed by atoms with E-state index in [-0.39, 0.29) is 30.4 Å². The Morgan fingerprint density at radius 1 is 1.18 bits per heavy atom. The molecule has 39 heavy (non-hydrogen) atoms. The number of amides is 1. The van der Waals surface area contributed by atoms with Crippen LogP contribution in [-0.4, -0.2) is 64.2 Å². The number of hydrogen-bond acceptors (Lipinski definition) is 7. The van der Waals surface area contributed by atoms with Crippen molar-refractivity contribution in [2.75, 3.05) is 13.2 Å². The summed E-state index contributed by atoms with van der Waals surface area (Å²) in [4.78, 5) is 48.7. The molecule has 4 aliphatic rings. The predicted molar refractivity (Wildman–Crippen MR) is 141 cm³/mol. The average molecular weight is 548 g/mol. The zero-order valence-corrected chi connectivity index (χ0v) is 23.4. The highest BCUT2D eigenvalue weighted by Gasteiger charge is 2.75. The van der Waals surface area contributed by atoms with Crippen LogP contribution in [0.25, 0.3) is 0 Å². The second-order valence-electron chi connectivity index (χ2n) is 12.5. The smallest absolute Gasteiger partial charge is 0.306 e. The van der Waals surface area contributed by atoms with Crippen LogP contribution >= 0.6 is 0 Å². The summed E-state index contributed by atoms with van der Waals surface area (Å²) < 4.78 is 22.5. The number of rotatable bonds is 9. The molecule has 216 valence electrons. The second-order valence-corrected chi connectivity index (χ2v) is 12.5.